The zero-order valence-electron chi connectivity index (χ0n) is 18.0. The fourth-order valence-corrected chi connectivity index (χ4v) is 4.65. The number of fused-ring (bicyclic) bond motifs is 1. The minimum atomic E-state index is -0.445. The predicted molar refractivity (Wildman–Crippen MR) is 116 cm³/mol. The number of benzene rings is 1. The Balaban J connectivity index is 1.80. The summed E-state index contributed by atoms with van der Waals surface area (Å²) in [6.07, 6.45) is 1.14. The Morgan fingerprint density at radius 1 is 1.30 bits per heavy atom. The van der Waals surface area contributed by atoms with E-state index in [1.54, 1.807) is 40.2 Å². The first-order chi connectivity index (χ1) is 14.2. The first-order valence-electron chi connectivity index (χ1n) is 10.2. The fraction of sp³-hybridized carbons (Fsp3) is 0.478. The lowest BCUT2D eigenvalue weighted by molar-refractivity contribution is -0.146. The molecule has 30 heavy (non-hydrogen) atoms. The second-order valence-electron chi connectivity index (χ2n) is 8.42. The van der Waals surface area contributed by atoms with E-state index in [0.717, 1.165) is 12.0 Å². The molecular weight excluding hydrogens is 403 g/mol. The maximum Gasteiger partial charge on any atom is 0.242 e. The molecule has 0 bridgehead atoms. The SMILES string of the molecule is CCC(=O)N(CC(=O)N1CCc2sccc2[C@H]1COc1cccc(F)c1)C(C)(C)C. The monoisotopic (exact) mass is 432 g/mol. The van der Waals surface area contributed by atoms with Gasteiger partial charge in [-0.15, -0.1) is 11.3 Å². The second-order valence-corrected chi connectivity index (χ2v) is 9.43. The molecule has 0 radical (unpaired) electrons. The summed E-state index contributed by atoms with van der Waals surface area (Å²) < 4.78 is 19.4. The molecular formula is C23H29FN2O3S. The summed E-state index contributed by atoms with van der Waals surface area (Å²) in [5.41, 5.74) is 0.625. The van der Waals surface area contributed by atoms with Crippen molar-refractivity contribution in [3.8, 4) is 5.75 Å². The van der Waals surface area contributed by atoms with Crippen LogP contribution in [0.25, 0.3) is 0 Å². The van der Waals surface area contributed by atoms with Crippen LogP contribution in [0.3, 0.4) is 0 Å². The molecule has 1 aliphatic heterocycles. The zero-order chi connectivity index (χ0) is 21.9. The molecule has 2 aromatic rings. The van der Waals surface area contributed by atoms with E-state index < -0.39 is 5.54 Å². The van der Waals surface area contributed by atoms with Gasteiger partial charge in [-0.25, -0.2) is 4.39 Å². The molecule has 1 aromatic carbocycles. The van der Waals surface area contributed by atoms with Crippen LogP contribution < -0.4 is 4.74 Å². The molecule has 3 rings (SSSR count). The fourth-order valence-electron chi connectivity index (χ4n) is 3.72. The van der Waals surface area contributed by atoms with Gasteiger partial charge >= 0.3 is 0 Å². The molecule has 0 N–H and O–H groups in total. The van der Waals surface area contributed by atoms with Crippen LogP contribution in [0.1, 0.15) is 50.6 Å². The molecule has 162 valence electrons. The Morgan fingerprint density at radius 3 is 2.73 bits per heavy atom. The topological polar surface area (TPSA) is 49.9 Å². The van der Waals surface area contributed by atoms with Crippen molar-refractivity contribution < 1.29 is 18.7 Å². The third-order valence-electron chi connectivity index (χ3n) is 5.33. The number of carbonyl (C=O) groups is 2. The molecule has 1 aromatic heterocycles. The average Bonchev–Trinajstić information content (AvgIpc) is 3.17. The van der Waals surface area contributed by atoms with Crippen LogP contribution in [0.2, 0.25) is 0 Å². The molecule has 2 heterocycles. The van der Waals surface area contributed by atoms with Gasteiger partial charge in [-0.1, -0.05) is 13.0 Å². The number of ether oxygens (including phenoxy) is 1. The van der Waals surface area contributed by atoms with E-state index in [1.807, 2.05) is 32.2 Å². The lowest BCUT2D eigenvalue weighted by Gasteiger charge is -2.40. The van der Waals surface area contributed by atoms with E-state index in [4.69, 9.17) is 4.74 Å². The van der Waals surface area contributed by atoms with Gasteiger partial charge in [0.05, 0.1) is 6.04 Å². The Bertz CT molecular complexity index is 906. The highest BCUT2D eigenvalue weighted by molar-refractivity contribution is 7.10. The number of halogens is 1. The number of nitrogens with zero attached hydrogens (tertiary/aromatic N) is 2. The maximum absolute atomic E-state index is 13.5. The molecule has 0 saturated carbocycles. The zero-order valence-corrected chi connectivity index (χ0v) is 18.8. The first kappa shape index (κ1) is 22.3. The second kappa shape index (κ2) is 9.16. The van der Waals surface area contributed by atoms with Gasteiger partial charge in [0.1, 0.15) is 24.7 Å². The van der Waals surface area contributed by atoms with Crippen molar-refractivity contribution in [2.24, 2.45) is 0 Å². The molecule has 7 heteroatoms. The Kier molecular flexibility index (Phi) is 6.81. The van der Waals surface area contributed by atoms with Crippen molar-refractivity contribution in [1.82, 2.24) is 9.80 Å². The van der Waals surface area contributed by atoms with E-state index in [2.05, 4.69) is 0 Å². The van der Waals surface area contributed by atoms with Crippen LogP contribution >= 0.6 is 11.3 Å². The van der Waals surface area contributed by atoms with E-state index >= 15 is 0 Å². The van der Waals surface area contributed by atoms with E-state index in [0.29, 0.717) is 18.7 Å². The summed E-state index contributed by atoms with van der Waals surface area (Å²) in [5.74, 6) is -0.0745. The summed E-state index contributed by atoms with van der Waals surface area (Å²) in [5, 5.41) is 2.02. The smallest absolute Gasteiger partial charge is 0.242 e. The van der Waals surface area contributed by atoms with Crippen LogP contribution in [0.15, 0.2) is 35.7 Å². The van der Waals surface area contributed by atoms with E-state index in [-0.39, 0.29) is 36.8 Å². The number of thiophene rings is 1. The summed E-state index contributed by atoms with van der Waals surface area (Å²) in [7, 11) is 0. The third-order valence-corrected chi connectivity index (χ3v) is 6.32. The molecule has 0 saturated heterocycles. The average molecular weight is 433 g/mol. The van der Waals surface area contributed by atoms with Gasteiger partial charge in [0.15, 0.2) is 0 Å². The summed E-state index contributed by atoms with van der Waals surface area (Å²) >= 11 is 1.68. The first-order valence-corrected chi connectivity index (χ1v) is 11.1. The molecule has 1 atom stereocenters. The highest BCUT2D eigenvalue weighted by Crippen LogP contribution is 2.34. The maximum atomic E-state index is 13.5. The van der Waals surface area contributed by atoms with Crippen molar-refractivity contribution >= 4 is 23.2 Å². The van der Waals surface area contributed by atoms with Crippen LogP contribution in [0, 0.1) is 5.82 Å². The minimum Gasteiger partial charge on any atom is -0.491 e. The van der Waals surface area contributed by atoms with Crippen molar-refractivity contribution in [2.45, 2.75) is 52.1 Å². The number of hydrogen-bond acceptors (Lipinski definition) is 4. The lowest BCUT2D eigenvalue weighted by atomic mass is 9.99. The summed E-state index contributed by atoms with van der Waals surface area (Å²) in [6, 6.07) is 7.76. The van der Waals surface area contributed by atoms with Crippen LogP contribution in [-0.4, -0.2) is 46.8 Å². The Labute approximate surface area is 181 Å². The van der Waals surface area contributed by atoms with Gasteiger partial charge in [0, 0.05) is 29.4 Å². The van der Waals surface area contributed by atoms with Gasteiger partial charge in [-0.3, -0.25) is 9.59 Å². The third kappa shape index (κ3) is 5.01. The predicted octanol–water partition coefficient (Wildman–Crippen LogP) is 4.43. The van der Waals surface area contributed by atoms with Crippen molar-refractivity contribution in [3.05, 3.63) is 52.0 Å². The van der Waals surface area contributed by atoms with Crippen LogP contribution in [0.5, 0.6) is 5.75 Å². The normalized spacial score (nSPS) is 16.2. The molecule has 0 unspecified atom stereocenters. The minimum absolute atomic E-state index is 0.0338. The Hall–Kier alpha value is -2.41. The quantitative estimate of drug-likeness (QED) is 0.679. The molecule has 0 fully saturated rings. The molecule has 2 amide bonds. The van der Waals surface area contributed by atoms with Gasteiger partial charge in [0.25, 0.3) is 0 Å². The van der Waals surface area contributed by atoms with Crippen molar-refractivity contribution in [3.63, 3.8) is 0 Å². The highest BCUT2D eigenvalue weighted by Gasteiger charge is 2.35. The highest BCUT2D eigenvalue weighted by atomic mass is 32.1. The van der Waals surface area contributed by atoms with Gasteiger partial charge < -0.3 is 14.5 Å². The molecule has 5 nitrogen and oxygen atoms in total. The van der Waals surface area contributed by atoms with E-state index in [1.165, 1.54) is 17.0 Å². The molecule has 0 spiro atoms. The van der Waals surface area contributed by atoms with Crippen molar-refractivity contribution in [2.75, 3.05) is 19.7 Å². The van der Waals surface area contributed by atoms with Crippen molar-refractivity contribution in [1.29, 1.82) is 0 Å². The molecule has 0 aliphatic carbocycles. The number of rotatable bonds is 6. The lowest BCUT2D eigenvalue weighted by Crippen LogP contribution is -2.53. The standard InChI is InChI=1S/C23H29FN2O3S/c1-5-21(27)26(23(2,3)4)14-22(28)25-11-9-20-18(10-12-30-20)19(25)15-29-17-8-6-7-16(24)13-17/h6-8,10,12-13,19H,5,9,11,14-15H2,1-4H3/t19-/m1/s1. The largest absolute Gasteiger partial charge is 0.491 e. The van der Waals surface area contributed by atoms with Crippen LogP contribution in [0.4, 0.5) is 4.39 Å². The van der Waals surface area contributed by atoms with Crippen LogP contribution in [-0.2, 0) is 16.0 Å². The van der Waals surface area contributed by atoms with Gasteiger partial charge in [0.2, 0.25) is 11.8 Å². The molecule has 1 aliphatic rings. The van der Waals surface area contributed by atoms with Gasteiger partial charge in [-0.05, 0) is 56.3 Å². The van der Waals surface area contributed by atoms with E-state index in [9.17, 15) is 14.0 Å². The van der Waals surface area contributed by atoms with Gasteiger partial charge in [-0.2, -0.15) is 0 Å². The number of amides is 2. The summed E-state index contributed by atoms with van der Waals surface area (Å²) in [4.78, 5) is 30.4. The number of carbonyl (C=O) groups excluding carboxylic acids is 2. The Morgan fingerprint density at radius 2 is 2.07 bits per heavy atom. The summed E-state index contributed by atoms with van der Waals surface area (Å²) in [6.45, 7) is 8.45. The number of hydrogen-bond donors (Lipinski definition) is 0.